The van der Waals surface area contributed by atoms with E-state index in [1.807, 2.05) is 19.1 Å². The van der Waals surface area contributed by atoms with Gasteiger partial charge < -0.3 is 16.3 Å². The molecular weight excluding hydrogens is 276 g/mol. The molecule has 20 heavy (non-hydrogen) atoms. The van der Waals surface area contributed by atoms with E-state index < -0.39 is 0 Å². The minimum Gasteiger partial charge on any atom is -0.409 e. The van der Waals surface area contributed by atoms with Gasteiger partial charge in [0.25, 0.3) is 5.91 Å². The number of hydrogen-bond donors (Lipinski definition) is 3. The quantitative estimate of drug-likeness (QED) is 0.343. The van der Waals surface area contributed by atoms with Crippen molar-refractivity contribution in [3.8, 4) is 0 Å². The Hall–Kier alpha value is -2.41. The van der Waals surface area contributed by atoms with Gasteiger partial charge in [0.2, 0.25) is 0 Å². The van der Waals surface area contributed by atoms with Crippen molar-refractivity contribution in [1.29, 1.82) is 0 Å². The highest BCUT2D eigenvalue weighted by molar-refractivity contribution is 7.11. The Morgan fingerprint density at radius 2 is 2.25 bits per heavy atom. The third-order valence-electron chi connectivity index (χ3n) is 2.62. The number of carbonyl (C=O) groups excluding carboxylic acids is 1. The van der Waals surface area contributed by atoms with Crippen LogP contribution in [0.25, 0.3) is 0 Å². The van der Waals surface area contributed by atoms with Crippen LogP contribution < -0.4 is 11.1 Å². The molecule has 2 aromatic rings. The Morgan fingerprint density at radius 3 is 2.80 bits per heavy atom. The second kappa shape index (κ2) is 6.16. The molecule has 0 radical (unpaired) electrons. The highest BCUT2D eigenvalue weighted by Gasteiger charge is 2.08. The van der Waals surface area contributed by atoms with E-state index in [2.05, 4.69) is 15.5 Å². The molecule has 104 valence electrons. The van der Waals surface area contributed by atoms with Gasteiger partial charge >= 0.3 is 0 Å². The molecule has 2 aromatic heterocycles. The minimum atomic E-state index is -0.262. The number of thiophene rings is 1. The van der Waals surface area contributed by atoms with Crippen molar-refractivity contribution < 1.29 is 10.0 Å². The lowest BCUT2D eigenvalue weighted by Gasteiger charge is -2.04. The maximum Gasteiger partial charge on any atom is 0.270 e. The number of nitrogens with zero attached hydrogens (tertiary/aromatic N) is 2. The van der Waals surface area contributed by atoms with Crippen LogP contribution in [0.4, 0.5) is 0 Å². The van der Waals surface area contributed by atoms with Crippen LogP contribution in [0.3, 0.4) is 0 Å². The number of carbonyl (C=O) groups is 1. The van der Waals surface area contributed by atoms with Crippen molar-refractivity contribution >= 4 is 23.1 Å². The van der Waals surface area contributed by atoms with E-state index in [0.717, 1.165) is 4.88 Å². The van der Waals surface area contributed by atoms with Crippen LogP contribution in [0.1, 0.15) is 25.8 Å². The fourth-order valence-electron chi connectivity index (χ4n) is 1.58. The molecule has 0 fully saturated rings. The Labute approximate surface area is 120 Å². The third kappa shape index (κ3) is 3.33. The maximum absolute atomic E-state index is 11.9. The molecule has 7 heteroatoms. The number of aromatic nitrogens is 1. The van der Waals surface area contributed by atoms with Gasteiger partial charge in [0, 0.05) is 21.5 Å². The third-order valence-corrected chi connectivity index (χ3v) is 3.62. The standard InChI is InChI=1S/C13H14N4O2S/c1-8-2-4-10(20-8)7-16-13(18)11-5-3-9(6-15-11)12(14)17-19/h2-6,19H,7H2,1H3,(H2,14,17)(H,16,18). The van der Waals surface area contributed by atoms with Crippen molar-refractivity contribution in [3.63, 3.8) is 0 Å². The SMILES string of the molecule is Cc1ccc(CNC(=O)c2ccc(C(N)=NO)cn2)s1. The van der Waals surface area contributed by atoms with Gasteiger partial charge in [-0.1, -0.05) is 5.16 Å². The van der Waals surface area contributed by atoms with E-state index in [4.69, 9.17) is 10.9 Å². The number of nitrogens with one attached hydrogen (secondary N) is 1. The molecular formula is C13H14N4O2S. The number of amidine groups is 1. The van der Waals surface area contributed by atoms with Crippen LogP contribution >= 0.6 is 11.3 Å². The maximum atomic E-state index is 11.9. The van der Waals surface area contributed by atoms with E-state index in [-0.39, 0.29) is 17.4 Å². The Kier molecular flexibility index (Phi) is 4.31. The molecule has 0 atom stereocenters. The molecule has 0 bridgehead atoms. The number of hydrogen-bond acceptors (Lipinski definition) is 5. The molecule has 1 amide bonds. The molecule has 0 aliphatic carbocycles. The number of nitrogens with two attached hydrogens (primary N) is 1. The van der Waals surface area contributed by atoms with Crippen molar-refractivity contribution in [1.82, 2.24) is 10.3 Å². The lowest BCUT2D eigenvalue weighted by molar-refractivity contribution is 0.0946. The van der Waals surface area contributed by atoms with Crippen molar-refractivity contribution in [2.45, 2.75) is 13.5 Å². The summed E-state index contributed by atoms with van der Waals surface area (Å²) in [5.41, 5.74) is 6.16. The molecule has 0 aromatic carbocycles. The first kappa shape index (κ1) is 14.0. The fourth-order valence-corrected chi connectivity index (χ4v) is 2.41. The minimum absolute atomic E-state index is 0.0430. The van der Waals surface area contributed by atoms with Gasteiger partial charge in [-0.3, -0.25) is 9.78 Å². The summed E-state index contributed by atoms with van der Waals surface area (Å²) >= 11 is 1.64. The summed E-state index contributed by atoms with van der Waals surface area (Å²) in [4.78, 5) is 18.2. The number of pyridine rings is 1. The zero-order chi connectivity index (χ0) is 14.5. The van der Waals surface area contributed by atoms with Crippen LogP contribution in [-0.4, -0.2) is 21.9 Å². The van der Waals surface area contributed by atoms with E-state index in [1.54, 1.807) is 17.4 Å². The van der Waals surface area contributed by atoms with Gasteiger partial charge in [0.05, 0.1) is 6.54 Å². The van der Waals surface area contributed by atoms with Gasteiger partial charge in [-0.2, -0.15) is 0 Å². The van der Waals surface area contributed by atoms with E-state index in [0.29, 0.717) is 12.1 Å². The molecule has 4 N–H and O–H groups in total. The highest BCUT2D eigenvalue weighted by atomic mass is 32.1. The topological polar surface area (TPSA) is 101 Å². The Balaban J connectivity index is 1.99. The Bertz CT molecular complexity index is 634. The molecule has 0 spiro atoms. The van der Waals surface area contributed by atoms with Gasteiger partial charge in [0.15, 0.2) is 5.84 Å². The van der Waals surface area contributed by atoms with Gasteiger partial charge in [-0.15, -0.1) is 11.3 Å². The molecule has 0 saturated carbocycles. The van der Waals surface area contributed by atoms with Crippen LogP contribution in [-0.2, 0) is 6.54 Å². The first-order valence-corrected chi connectivity index (χ1v) is 6.69. The summed E-state index contributed by atoms with van der Waals surface area (Å²) in [6.45, 7) is 2.49. The van der Waals surface area contributed by atoms with Crippen LogP contribution in [0, 0.1) is 6.92 Å². The van der Waals surface area contributed by atoms with Crippen LogP contribution in [0.15, 0.2) is 35.6 Å². The molecule has 2 heterocycles. The fraction of sp³-hybridized carbons (Fsp3) is 0.154. The summed E-state index contributed by atoms with van der Waals surface area (Å²) in [6.07, 6.45) is 1.39. The summed E-state index contributed by atoms with van der Waals surface area (Å²) < 4.78 is 0. The number of aryl methyl sites for hydroxylation is 1. The zero-order valence-corrected chi connectivity index (χ0v) is 11.6. The summed E-state index contributed by atoms with van der Waals surface area (Å²) in [6, 6.07) is 7.10. The number of amides is 1. The average molecular weight is 290 g/mol. The monoisotopic (exact) mass is 290 g/mol. The average Bonchev–Trinajstić information content (AvgIpc) is 2.89. The predicted molar refractivity (Wildman–Crippen MR) is 77.0 cm³/mol. The van der Waals surface area contributed by atoms with Gasteiger partial charge in [0.1, 0.15) is 5.69 Å². The first-order valence-electron chi connectivity index (χ1n) is 5.87. The second-order valence-corrected chi connectivity index (χ2v) is 5.48. The van der Waals surface area contributed by atoms with Crippen molar-refractivity contribution in [2.24, 2.45) is 10.9 Å². The molecule has 6 nitrogen and oxygen atoms in total. The highest BCUT2D eigenvalue weighted by Crippen LogP contribution is 2.14. The predicted octanol–water partition coefficient (Wildman–Crippen LogP) is 1.48. The molecule has 2 rings (SSSR count). The van der Waals surface area contributed by atoms with Crippen LogP contribution in [0.2, 0.25) is 0 Å². The van der Waals surface area contributed by atoms with Crippen LogP contribution in [0.5, 0.6) is 0 Å². The Morgan fingerprint density at radius 1 is 1.45 bits per heavy atom. The van der Waals surface area contributed by atoms with Gasteiger partial charge in [-0.05, 0) is 31.2 Å². The van der Waals surface area contributed by atoms with Crippen molar-refractivity contribution in [2.75, 3.05) is 0 Å². The first-order chi connectivity index (χ1) is 9.60. The normalized spacial score (nSPS) is 11.3. The number of oxime groups is 1. The molecule has 0 aliphatic heterocycles. The second-order valence-electron chi connectivity index (χ2n) is 4.11. The summed E-state index contributed by atoms with van der Waals surface area (Å²) in [5, 5.41) is 14.2. The van der Waals surface area contributed by atoms with E-state index in [9.17, 15) is 4.79 Å². The largest absolute Gasteiger partial charge is 0.409 e. The smallest absolute Gasteiger partial charge is 0.270 e. The molecule has 0 aliphatic rings. The summed E-state index contributed by atoms with van der Waals surface area (Å²) in [7, 11) is 0. The lowest BCUT2D eigenvalue weighted by Crippen LogP contribution is -2.23. The van der Waals surface area contributed by atoms with Gasteiger partial charge in [-0.25, -0.2) is 0 Å². The van der Waals surface area contributed by atoms with E-state index in [1.165, 1.54) is 17.1 Å². The number of rotatable bonds is 4. The van der Waals surface area contributed by atoms with Crippen molar-refractivity contribution in [3.05, 3.63) is 51.5 Å². The zero-order valence-electron chi connectivity index (χ0n) is 10.8. The summed E-state index contributed by atoms with van der Waals surface area (Å²) in [5.74, 6) is -0.305. The molecule has 0 unspecified atom stereocenters. The van der Waals surface area contributed by atoms with E-state index >= 15 is 0 Å². The lowest BCUT2D eigenvalue weighted by atomic mass is 10.2. The molecule has 0 saturated heterocycles.